The SMILES string of the molecule is NC1CCN(c2ccc(OCCn3cccn3)cc2)CC1. The van der Waals surface area contributed by atoms with Crippen molar-refractivity contribution in [1.82, 2.24) is 9.78 Å². The van der Waals surface area contributed by atoms with Crippen LogP contribution >= 0.6 is 0 Å². The van der Waals surface area contributed by atoms with Gasteiger partial charge in [0.15, 0.2) is 0 Å². The molecule has 1 aromatic heterocycles. The van der Waals surface area contributed by atoms with Crippen molar-refractivity contribution < 1.29 is 4.74 Å². The topological polar surface area (TPSA) is 56.3 Å². The summed E-state index contributed by atoms with van der Waals surface area (Å²) in [4.78, 5) is 2.39. The molecule has 1 aromatic carbocycles. The van der Waals surface area contributed by atoms with Crippen molar-refractivity contribution in [3.63, 3.8) is 0 Å². The molecule has 1 saturated heterocycles. The zero-order valence-electron chi connectivity index (χ0n) is 12.2. The Labute approximate surface area is 125 Å². The number of nitrogens with zero attached hydrogens (tertiary/aromatic N) is 3. The maximum Gasteiger partial charge on any atom is 0.119 e. The van der Waals surface area contributed by atoms with Crippen LogP contribution < -0.4 is 15.4 Å². The Morgan fingerprint density at radius 2 is 1.95 bits per heavy atom. The van der Waals surface area contributed by atoms with Gasteiger partial charge in [0.2, 0.25) is 0 Å². The number of nitrogens with two attached hydrogens (primary N) is 1. The molecule has 1 fully saturated rings. The third kappa shape index (κ3) is 3.76. The van der Waals surface area contributed by atoms with Gasteiger partial charge < -0.3 is 15.4 Å². The molecule has 0 bridgehead atoms. The molecule has 21 heavy (non-hydrogen) atoms. The molecule has 0 saturated carbocycles. The van der Waals surface area contributed by atoms with Gasteiger partial charge in [-0.3, -0.25) is 4.68 Å². The van der Waals surface area contributed by atoms with Crippen LogP contribution in [-0.4, -0.2) is 35.5 Å². The van der Waals surface area contributed by atoms with Gasteiger partial charge in [0, 0.05) is 37.2 Å². The van der Waals surface area contributed by atoms with Gasteiger partial charge in [-0.05, 0) is 43.2 Å². The van der Waals surface area contributed by atoms with E-state index in [1.165, 1.54) is 5.69 Å². The van der Waals surface area contributed by atoms with E-state index >= 15 is 0 Å². The van der Waals surface area contributed by atoms with Gasteiger partial charge in [-0.1, -0.05) is 0 Å². The minimum Gasteiger partial charge on any atom is -0.492 e. The summed E-state index contributed by atoms with van der Waals surface area (Å²) >= 11 is 0. The van der Waals surface area contributed by atoms with Crippen LogP contribution in [0.1, 0.15) is 12.8 Å². The second kappa shape index (κ2) is 6.63. The Kier molecular flexibility index (Phi) is 4.40. The van der Waals surface area contributed by atoms with E-state index in [9.17, 15) is 0 Å². The van der Waals surface area contributed by atoms with Crippen LogP contribution in [0.2, 0.25) is 0 Å². The van der Waals surface area contributed by atoms with E-state index in [1.54, 1.807) is 6.20 Å². The molecule has 2 N–H and O–H groups in total. The van der Waals surface area contributed by atoms with E-state index in [2.05, 4.69) is 22.1 Å². The molecular weight excluding hydrogens is 264 g/mol. The highest BCUT2D eigenvalue weighted by Gasteiger charge is 2.16. The zero-order chi connectivity index (χ0) is 14.5. The van der Waals surface area contributed by atoms with Crippen LogP contribution in [0.15, 0.2) is 42.7 Å². The van der Waals surface area contributed by atoms with Crippen LogP contribution in [0.5, 0.6) is 5.75 Å². The standard InChI is InChI=1S/C16H22N4O/c17-14-6-10-19(11-7-14)15-2-4-16(5-3-15)21-13-12-20-9-1-8-18-20/h1-5,8-9,14H,6-7,10-13,17H2. The van der Waals surface area contributed by atoms with Gasteiger partial charge in [0.1, 0.15) is 12.4 Å². The second-order valence-electron chi connectivity index (χ2n) is 5.44. The van der Waals surface area contributed by atoms with Crippen molar-refractivity contribution in [2.45, 2.75) is 25.4 Å². The summed E-state index contributed by atoms with van der Waals surface area (Å²) in [5.41, 5.74) is 7.19. The Balaban J connectivity index is 1.49. The average molecular weight is 286 g/mol. The fourth-order valence-electron chi connectivity index (χ4n) is 2.60. The summed E-state index contributed by atoms with van der Waals surface area (Å²) in [6.07, 6.45) is 5.86. The van der Waals surface area contributed by atoms with Crippen molar-refractivity contribution in [3.05, 3.63) is 42.7 Å². The van der Waals surface area contributed by atoms with Crippen LogP contribution in [0, 0.1) is 0 Å². The maximum absolute atomic E-state index is 5.94. The van der Waals surface area contributed by atoms with Crippen molar-refractivity contribution >= 4 is 5.69 Å². The van der Waals surface area contributed by atoms with Crippen molar-refractivity contribution in [2.75, 3.05) is 24.6 Å². The molecule has 2 aromatic rings. The summed E-state index contributed by atoms with van der Waals surface area (Å²) < 4.78 is 7.61. The Morgan fingerprint density at radius 1 is 1.19 bits per heavy atom. The molecule has 5 nitrogen and oxygen atoms in total. The molecule has 0 aliphatic carbocycles. The lowest BCUT2D eigenvalue weighted by Crippen LogP contribution is -2.39. The quantitative estimate of drug-likeness (QED) is 0.912. The number of rotatable bonds is 5. The third-order valence-corrected chi connectivity index (χ3v) is 3.89. The van der Waals surface area contributed by atoms with E-state index in [0.717, 1.165) is 38.2 Å². The highest BCUT2D eigenvalue weighted by Crippen LogP contribution is 2.22. The van der Waals surface area contributed by atoms with Crippen LogP contribution in [-0.2, 0) is 6.54 Å². The summed E-state index contributed by atoms with van der Waals surface area (Å²) in [6.45, 7) is 3.47. The molecule has 112 valence electrons. The van der Waals surface area contributed by atoms with E-state index in [1.807, 2.05) is 29.1 Å². The predicted octanol–water partition coefficient (Wildman–Crippen LogP) is 1.89. The van der Waals surface area contributed by atoms with Crippen molar-refractivity contribution in [1.29, 1.82) is 0 Å². The van der Waals surface area contributed by atoms with Gasteiger partial charge in [-0.15, -0.1) is 0 Å². The van der Waals surface area contributed by atoms with E-state index < -0.39 is 0 Å². The Bertz CT molecular complexity index is 530. The molecule has 5 heteroatoms. The molecule has 1 aliphatic heterocycles. The molecular formula is C16H22N4O. The first-order valence-corrected chi connectivity index (χ1v) is 7.52. The largest absolute Gasteiger partial charge is 0.492 e. The number of anilines is 1. The first-order valence-electron chi connectivity index (χ1n) is 7.52. The number of piperidine rings is 1. The summed E-state index contributed by atoms with van der Waals surface area (Å²) in [5, 5.41) is 4.15. The smallest absolute Gasteiger partial charge is 0.119 e. The van der Waals surface area contributed by atoms with Gasteiger partial charge in [0.05, 0.1) is 6.54 Å². The van der Waals surface area contributed by atoms with Gasteiger partial charge in [-0.25, -0.2) is 0 Å². The number of aromatic nitrogens is 2. The van der Waals surface area contributed by atoms with Gasteiger partial charge >= 0.3 is 0 Å². The first-order chi connectivity index (χ1) is 10.3. The lowest BCUT2D eigenvalue weighted by Gasteiger charge is -2.32. The van der Waals surface area contributed by atoms with Crippen LogP contribution in [0.3, 0.4) is 0 Å². The molecule has 2 heterocycles. The average Bonchev–Trinajstić information content (AvgIpc) is 3.02. The van der Waals surface area contributed by atoms with E-state index in [-0.39, 0.29) is 0 Å². The molecule has 0 radical (unpaired) electrons. The van der Waals surface area contributed by atoms with E-state index in [4.69, 9.17) is 10.5 Å². The van der Waals surface area contributed by atoms with Crippen molar-refractivity contribution in [3.8, 4) is 5.75 Å². The highest BCUT2D eigenvalue weighted by atomic mass is 16.5. The minimum absolute atomic E-state index is 0.367. The lowest BCUT2D eigenvalue weighted by molar-refractivity contribution is 0.291. The molecule has 0 atom stereocenters. The van der Waals surface area contributed by atoms with Crippen LogP contribution in [0.4, 0.5) is 5.69 Å². The minimum atomic E-state index is 0.367. The molecule has 0 unspecified atom stereocenters. The van der Waals surface area contributed by atoms with Gasteiger partial charge in [-0.2, -0.15) is 5.10 Å². The maximum atomic E-state index is 5.94. The van der Waals surface area contributed by atoms with E-state index in [0.29, 0.717) is 12.6 Å². The monoisotopic (exact) mass is 286 g/mol. The zero-order valence-corrected chi connectivity index (χ0v) is 12.2. The van der Waals surface area contributed by atoms with Gasteiger partial charge in [0.25, 0.3) is 0 Å². The fraction of sp³-hybridized carbons (Fsp3) is 0.438. The number of hydrogen-bond donors (Lipinski definition) is 1. The molecule has 0 spiro atoms. The molecule has 1 aliphatic rings. The first kappa shape index (κ1) is 13.9. The Hall–Kier alpha value is -2.01. The van der Waals surface area contributed by atoms with Crippen molar-refractivity contribution in [2.24, 2.45) is 5.73 Å². The summed E-state index contributed by atoms with van der Waals surface area (Å²) in [6, 6.07) is 10.6. The second-order valence-corrected chi connectivity index (χ2v) is 5.44. The molecule has 3 rings (SSSR count). The predicted molar refractivity (Wildman–Crippen MR) is 83.6 cm³/mol. The Morgan fingerprint density at radius 3 is 2.62 bits per heavy atom. The summed E-state index contributed by atoms with van der Waals surface area (Å²) in [5.74, 6) is 0.902. The lowest BCUT2D eigenvalue weighted by atomic mass is 10.1. The third-order valence-electron chi connectivity index (χ3n) is 3.89. The summed E-state index contributed by atoms with van der Waals surface area (Å²) in [7, 11) is 0. The highest BCUT2D eigenvalue weighted by molar-refractivity contribution is 5.49. The normalized spacial score (nSPS) is 16.1. The van der Waals surface area contributed by atoms with Crippen LogP contribution in [0.25, 0.3) is 0 Å². The number of hydrogen-bond acceptors (Lipinski definition) is 4. The molecule has 0 amide bonds. The fourth-order valence-corrected chi connectivity index (χ4v) is 2.60. The number of benzene rings is 1. The number of ether oxygens (including phenoxy) is 1.